The minimum absolute atomic E-state index is 0.0658. The molecule has 1 aromatic heterocycles. The van der Waals surface area contributed by atoms with Crippen molar-refractivity contribution in [3.05, 3.63) is 58.2 Å². The van der Waals surface area contributed by atoms with Crippen molar-refractivity contribution >= 4 is 0 Å². The average molecular weight is 374 g/mol. The first-order valence-electron chi connectivity index (χ1n) is 7.58. The Morgan fingerprint density at radius 2 is 2.00 bits per heavy atom. The molecule has 0 aliphatic heterocycles. The van der Waals surface area contributed by atoms with Gasteiger partial charge < -0.3 is 9.67 Å². The largest absolute Gasteiger partial charge is 0.418 e. The molecule has 0 amide bonds. The van der Waals surface area contributed by atoms with Crippen molar-refractivity contribution in [1.29, 1.82) is 5.26 Å². The Balaban J connectivity index is 2.12. The van der Waals surface area contributed by atoms with Gasteiger partial charge in [-0.3, -0.25) is 0 Å². The van der Waals surface area contributed by atoms with Crippen LogP contribution >= 0.6 is 0 Å². The Kier molecular flexibility index (Phi) is 4.27. The zero-order valence-corrected chi connectivity index (χ0v) is 13.1. The van der Waals surface area contributed by atoms with Crippen LogP contribution in [0.15, 0.2) is 24.4 Å². The van der Waals surface area contributed by atoms with Crippen molar-refractivity contribution in [3.8, 4) is 6.07 Å². The van der Waals surface area contributed by atoms with Crippen LogP contribution < -0.4 is 0 Å². The standard InChI is InChI=1S/C17H12F6N2O/c18-11-2-1-9(10(5-11)6-24)7-25-8-12(17(21,22)23)14-13(25)3-4-16(19,20)15(14)26/h1-2,5,8,15,26H,3-4,7H2. The molecule has 0 saturated carbocycles. The molecule has 1 aliphatic rings. The number of aromatic nitrogens is 1. The van der Waals surface area contributed by atoms with Crippen LogP contribution in [0.25, 0.3) is 0 Å². The summed E-state index contributed by atoms with van der Waals surface area (Å²) >= 11 is 0. The van der Waals surface area contributed by atoms with Crippen molar-refractivity contribution in [3.63, 3.8) is 0 Å². The van der Waals surface area contributed by atoms with Crippen LogP contribution in [0.3, 0.4) is 0 Å². The number of benzene rings is 1. The average Bonchev–Trinajstić information content (AvgIpc) is 2.92. The smallest absolute Gasteiger partial charge is 0.382 e. The lowest BCUT2D eigenvalue weighted by Crippen LogP contribution is -2.33. The quantitative estimate of drug-likeness (QED) is 0.802. The molecule has 1 N–H and O–H groups in total. The normalized spacial score (nSPS) is 19.1. The third-order valence-electron chi connectivity index (χ3n) is 4.44. The number of rotatable bonds is 2. The Hall–Kier alpha value is -2.47. The van der Waals surface area contributed by atoms with Crippen LogP contribution in [0.1, 0.15) is 40.5 Å². The zero-order chi connectivity index (χ0) is 19.3. The van der Waals surface area contributed by atoms with E-state index >= 15 is 0 Å². The fourth-order valence-corrected chi connectivity index (χ4v) is 3.17. The van der Waals surface area contributed by atoms with Crippen LogP contribution in [0.5, 0.6) is 0 Å². The van der Waals surface area contributed by atoms with Crippen LogP contribution in [-0.2, 0) is 19.1 Å². The van der Waals surface area contributed by atoms with Gasteiger partial charge in [0.05, 0.1) is 17.2 Å². The lowest BCUT2D eigenvalue weighted by Gasteiger charge is -2.29. The van der Waals surface area contributed by atoms with Gasteiger partial charge in [-0.15, -0.1) is 0 Å². The van der Waals surface area contributed by atoms with Gasteiger partial charge in [0, 0.05) is 30.4 Å². The second-order valence-electron chi connectivity index (χ2n) is 6.11. The highest BCUT2D eigenvalue weighted by molar-refractivity contribution is 5.42. The van der Waals surface area contributed by atoms with E-state index in [-0.39, 0.29) is 29.8 Å². The monoisotopic (exact) mass is 374 g/mol. The molecule has 2 aromatic rings. The second-order valence-corrected chi connectivity index (χ2v) is 6.11. The maximum atomic E-state index is 13.7. The van der Waals surface area contributed by atoms with E-state index in [1.165, 1.54) is 6.07 Å². The van der Waals surface area contributed by atoms with Crippen molar-refractivity contribution < 1.29 is 31.4 Å². The van der Waals surface area contributed by atoms with Crippen LogP contribution in [0, 0.1) is 17.1 Å². The van der Waals surface area contributed by atoms with Crippen molar-refractivity contribution in [1.82, 2.24) is 4.57 Å². The van der Waals surface area contributed by atoms with Crippen molar-refractivity contribution in [2.45, 2.75) is 37.6 Å². The minimum Gasteiger partial charge on any atom is -0.382 e. The predicted molar refractivity (Wildman–Crippen MR) is 77.9 cm³/mol. The van der Waals surface area contributed by atoms with Gasteiger partial charge in [-0.2, -0.15) is 18.4 Å². The SMILES string of the molecule is N#Cc1cc(F)ccc1Cn1cc(C(F)(F)F)c2c1CCC(F)(F)C2O. The van der Waals surface area contributed by atoms with E-state index in [9.17, 15) is 31.4 Å². The second kappa shape index (κ2) is 6.06. The third-order valence-corrected chi connectivity index (χ3v) is 4.44. The Morgan fingerprint density at radius 1 is 1.31 bits per heavy atom. The summed E-state index contributed by atoms with van der Waals surface area (Å²) in [6, 6.07) is 5.00. The molecular formula is C17H12F6N2O. The first-order chi connectivity index (χ1) is 12.0. The molecule has 3 rings (SSSR count). The number of nitrogens with zero attached hydrogens (tertiary/aromatic N) is 2. The summed E-state index contributed by atoms with van der Waals surface area (Å²) in [5, 5.41) is 18.8. The van der Waals surface area contributed by atoms with Crippen molar-refractivity contribution in [2.75, 3.05) is 0 Å². The number of hydrogen-bond donors (Lipinski definition) is 1. The number of halogens is 6. The highest BCUT2D eigenvalue weighted by Crippen LogP contribution is 2.47. The van der Waals surface area contributed by atoms with Gasteiger partial charge in [0.25, 0.3) is 5.92 Å². The van der Waals surface area contributed by atoms with Gasteiger partial charge in [0.15, 0.2) is 0 Å². The molecule has 0 radical (unpaired) electrons. The van der Waals surface area contributed by atoms with E-state index < -0.39 is 41.6 Å². The Morgan fingerprint density at radius 3 is 2.62 bits per heavy atom. The Bertz CT molecular complexity index is 894. The first kappa shape index (κ1) is 18.3. The summed E-state index contributed by atoms with van der Waals surface area (Å²) in [7, 11) is 0. The van der Waals surface area contributed by atoms with Crippen LogP contribution in [-0.4, -0.2) is 15.6 Å². The Labute approximate surface area is 144 Å². The molecule has 0 fully saturated rings. The van der Waals surface area contributed by atoms with E-state index in [0.717, 1.165) is 16.7 Å². The lowest BCUT2D eigenvalue weighted by molar-refractivity contribution is -0.147. The van der Waals surface area contributed by atoms with Gasteiger partial charge in [0.1, 0.15) is 11.9 Å². The molecule has 1 aliphatic carbocycles. The van der Waals surface area contributed by atoms with E-state index in [4.69, 9.17) is 5.26 Å². The number of aliphatic hydroxyl groups is 1. The minimum atomic E-state index is -4.93. The summed E-state index contributed by atoms with van der Waals surface area (Å²) < 4.78 is 81.6. The molecule has 1 heterocycles. The zero-order valence-electron chi connectivity index (χ0n) is 13.1. The molecule has 0 spiro atoms. The molecular weight excluding hydrogens is 362 g/mol. The molecule has 1 unspecified atom stereocenters. The fourth-order valence-electron chi connectivity index (χ4n) is 3.17. The maximum Gasteiger partial charge on any atom is 0.418 e. The highest BCUT2D eigenvalue weighted by Gasteiger charge is 2.50. The molecule has 0 saturated heterocycles. The molecule has 0 bridgehead atoms. The number of fused-ring (bicyclic) bond motifs is 1. The predicted octanol–water partition coefficient (Wildman–Crippen LogP) is 4.18. The fraction of sp³-hybridized carbons (Fsp3) is 0.353. The van der Waals surface area contributed by atoms with E-state index in [0.29, 0.717) is 6.20 Å². The van der Waals surface area contributed by atoms with E-state index in [1.54, 1.807) is 6.07 Å². The number of nitriles is 1. The molecule has 26 heavy (non-hydrogen) atoms. The molecule has 138 valence electrons. The number of alkyl halides is 5. The van der Waals surface area contributed by atoms with Crippen molar-refractivity contribution in [2.24, 2.45) is 0 Å². The number of hydrogen-bond acceptors (Lipinski definition) is 2. The summed E-state index contributed by atoms with van der Waals surface area (Å²) in [6.07, 6.45) is -7.99. The topological polar surface area (TPSA) is 49.0 Å². The van der Waals surface area contributed by atoms with Gasteiger partial charge >= 0.3 is 6.18 Å². The first-order valence-corrected chi connectivity index (χ1v) is 7.58. The van der Waals surface area contributed by atoms with Gasteiger partial charge in [-0.1, -0.05) is 6.07 Å². The molecule has 3 nitrogen and oxygen atoms in total. The summed E-state index contributed by atoms with van der Waals surface area (Å²) in [6.45, 7) is -0.236. The lowest BCUT2D eigenvalue weighted by atomic mass is 9.89. The van der Waals surface area contributed by atoms with E-state index in [1.807, 2.05) is 0 Å². The summed E-state index contributed by atoms with van der Waals surface area (Å²) in [5.74, 6) is -4.33. The van der Waals surface area contributed by atoms with Gasteiger partial charge in [0.2, 0.25) is 0 Å². The van der Waals surface area contributed by atoms with Crippen LogP contribution in [0.2, 0.25) is 0 Å². The highest BCUT2D eigenvalue weighted by atomic mass is 19.4. The maximum absolute atomic E-state index is 13.7. The van der Waals surface area contributed by atoms with Gasteiger partial charge in [-0.25, -0.2) is 13.2 Å². The molecule has 1 atom stereocenters. The number of aliphatic hydroxyl groups excluding tert-OH is 1. The van der Waals surface area contributed by atoms with Crippen LogP contribution in [0.4, 0.5) is 26.3 Å². The third kappa shape index (κ3) is 3.05. The molecule has 1 aromatic carbocycles. The van der Waals surface area contributed by atoms with Gasteiger partial charge in [-0.05, 0) is 24.1 Å². The molecule has 9 heteroatoms. The summed E-state index contributed by atoms with van der Waals surface area (Å²) in [5.41, 5.74) is -2.06. The van der Waals surface area contributed by atoms with E-state index in [2.05, 4.69) is 0 Å². The summed E-state index contributed by atoms with van der Waals surface area (Å²) in [4.78, 5) is 0.